The zero-order valence-corrected chi connectivity index (χ0v) is 9.63. The van der Waals surface area contributed by atoms with Crippen LogP contribution in [0.3, 0.4) is 0 Å². The number of carboxylic acids is 1. The fourth-order valence-electron chi connectivity index (χ4n) is 3.37. The summed E-state index contributed by atoms with van der Waals surface area (Å²) in [6.07, 6.45) is 8.08. The molecular weight excluding hydrogens is 218 g/mol. The SMILES string of the molecule is O=C(O)[C@@H]1C2C=CC(C2)[C@@H]1C(=O)NC1CCC1. The fourth-order valence-corrected chi connectivity index (χ4v) is 3.37. The second kappa shape index (κ2) is 3.86. The minimum atomic E-state index is -0.824. The third kappa shape index (κ3) is 1.66. The summed E-state index contributed by atoms with van der Waals surface area (Å²) in [5.41, 5.74) is 0. The van der Waals surface area contributed by atoms with Crippen LogP contribution < -0.4 is 5.32 Å². The Balaban J connectivity index is 1.73. The van der Waals surface area contributed by atoms with Crippen molar-refractivity contribution in [3.05, 3.63) is 12.2 Å². The van der Waals surface area contributed by atoms with E-state index in [2.05, 4.69) is 5.32 Å². The Bertz CT molecular complexity index is 386. The summed E-state index contributed by atoms with van der Waals surface area (Å²) >= 11 is 0. The van der Waals surface area contributed by atoms with Gasteiger partial charge in [0, 0.05) is 6.04 Å². The summed E-state index contributed by atoms with van der Waals surface area (Å²) in [6.45, 7) is 0. The number of amides is 1. The third-order valence-corrected chi connectivity index (χ3v) is 4.50. The highest BCUT2D eigenvalue weighted by molar-refractivity contribution is 5.87. The van der Waals surface area contributed by atoms with Gasteiger partial charge in [0.25, 0.3) is 0 Å². The van der Waals surface area contributed by atoms with Crippen molar-refractivity contribution in [1.29, 1.82) is 0 Å². The molecule has 0 aromatic carbocycles. The smallest absolute Gasteiger partial charge is 0.307 e. The molecule has 4 atom stereocenters. The normalized spacial score (nSPS) is 39.1. The van der Waals surface area contributed by atoms with Gasteiger partial charge in [0.15, 0.2) is 0 Å². The Morgan fingerprint density at radius 1 is 1.12 bits per heavy atom. The highest BCUT2D eigenvalue weighted by Crippen LogP contribution is 2.48. The standard InChI is InChI=1S/C13H17NO3/c15-12(14-9-2-1-3-9)10-7-4-5-8(6-7)11(10)13(16)17/h4-5,7-11H,1-3,6H2,(H,14,15)(H,16,17)/t7?,8?,10-,11+/m0/s1. The van der Waals surface area contributed by atoms with Crippen LogP contribution in [0.15, 0.2) is 12.2 Å². The maximum absolute atomic E-state index is 12.1. The average Bonchev–Trinajstić information content (AvgIpc) is 2.81. The van der Waals surface area contributed by atoms with E-state index in [1.165, 1.54) is 6.42 Å². The van der Waals surface area contributed by atoms with Crippen LogP contribution in [0.25, 0.3) is 0 Å². The number of carbonyl (C=O) groups excluding carboxylic acids is 1. The number of fused-ring (bicyclic) bond motifs is 2. The lowest BCUT2D eigenvalue weighted by atomic mass is 9.81. The molecule has 4 heteroatoms. The molecule has 3 aliphatic carbocycles. The summed E-state index contributed by atoms with van der Waals surface area (Å²) < 4.78 is 0. The lowest BCUT2D eigenvalue weighted by molar-refractivity contribution is -0.148. The number of carboxylic acid groups (broad SMARTS) is 1. The van der Waals surface area contributed by atoms with Gasteiger partial charge in [0.2, 0.25) is 5.91 Å². The molecule has 2 bridgehead atoms. The highest BCUT2D eigenvalue weighted by atomic mass is 16.4. The molecule has 2 unspecified atom stereocenters. The monoisotopic (exact) mass is 235 g/mol. The number of aliphatic carboxylic acids is 1. The molecule has 2 fully saturated rings. The quantitative estimate of drug-likeness (QED) is 0.722. The number of rotatable bonds is 3. The van der Waals surface area contributed by atoms with Crippen LogP contribution in [-0.2, 0) is 9.59 Å². The number of nitrogens with one attached hydrogen (secondary N) is 1. The molecule has 2 saturated carbocycles. The molecule has 0 saturated heterocycles. The molecule has 92 valence electrons. The molecule has 0 spiro atoms. The molecule has 0 aliphatic heterocycles. The maximum atomic E-state index is 12.1. The van der Waals surface area contributed by atoms with Crippen LogP contribution in [0.4, 0.5) is 0 Å². The number of hydrogen-bond donors (Lipinski definition) is 2. The second-order valence-electron chi connectivity index (χ2n) is 5.47. The molecule has 0 radical (unpaired) electrons. The lowest BCUT2D eigenvalue weighted by Crippen LogP contribution is -2.46. The predicted molar refractivity (Wildman–Crippen MR) is 61.1 cm³/mol. The first-order valence-corrected chi connectivity index (χ1v) is 6.38. The average molecular weight is 235 g/mol. The lowest BCUT2D eigenvalue weighted by Gasteiger charge is -2.30. The summed E-state index contributed by atoms with van der Waals surface area (Å²) in [5, 5.41) is 12.2. The van der Waals surface area contributed by atoms with Crippen molar-refractivity contribution >= 4 is 11.9 Å². The Labute approximate surface area is 100 Å². The zero-order chi connectivity index (χ0) is 12.0. The topological polar surface area (TPSA) is 66.4 Å². The summed E-state index contributed by atoms with van der Waals surface area (Å²) in [5.74, 6) is -1.52. The molecule has 17 heavy (non-hydrogen) atoms. The van der Waals surface area contributed by atoms with Crippen molar-refractivity contribution in [1.82, 2.24) is 5.32 Å². The molecule has 4 nitrogen and oxygen atoms in total. The molecule has 3 aliphatic rings. The van der Waals surface area contributed by atoms with Gasteiger partial charge in [0.05, 0.1) is 11.8 Å². The third-order valence-electron chi connectivity index (χ3n) is 4.50. The minimum Gasteiger partial charge on any atom is -0.481 e. The Morgan fingerprint density at radius 3 is 2.29 bits per heavy atom. The fraction of sp³-hybridized carbons (Fsp3) is 0.692. The summed E-state index contributed by atoms with van der Waals surface area (Å²) in [6, 6.07) is 0.292. The van der Waals surface area contributed by atoms with Crippen LogP contribution in [0.5, 0.6) is 0 Å². The van der Waals surface area contributed by atoms with Gasteiger partial charge in [-0.1, -0.05) is 12.2 Å². The molecule has 1 amide bonds. The van der Waals surface area contributed by atoms with Gasteiger partial charge in [0.1, 0.15) is 0 Å². The van der Waals surface area contributed by atoms with Crippen LogP contribution >= 0.6 is 0 Å². The minimum absolute atomic E-state index is 0.0426. The first-order valence-electron chi connectivity index (χ1n) is 6.38. The molecule has 2 N–H and O–H groups in total. The van der Waals surface area contributed by atoms with E-state index >= 15 is 0 Å². The summed E-state index contributed by atoms with van der Waals surface area (Å²) in [7, 11) is 0. The first kappa shape index (κ1) is 10.8. The largest absolute Gasteiger partial charge is 0.481 e. The summed E-state index contributed by atoms with van der Waals surface area (Å²) in [4.78, 5) is 23.4. The van der Waals surface area contributed by atoms with Crippen molar-refractivity contribution in [2.24, 2.45) is 23.7 Å². The zero-order valence-electron chi connectivity index (χ0n) is 9.63. The van der Waals surface area contributed by atoms with Gasteiger partial charge in [-0.3, -0.25) is 9.59 Å². The number of allylic oxidation sites excluding steroid dienone is 2. The number of carbonyl (C=O) groups is 2. The van der Waals surface area contributed by atoms with Gasteiger partial charge in [-0.25, -0.2) is 0 Å². The first-order chi connectivity index (χ1) is 8.16. The van der Waals surface area contributed by atoms with Crippen molar-refractivity contribution in [2.75, 3.05) is 0 Å². The van der Waals surface area contributed by atoms with Gasteiger partial charge in [-0.05, 0) is 37.5 Å². The van der Waals surface area contributed by atoms with E-state index < -0.39 is 11.9 Å². The van der Waals surface area contributed by atoms with Crippen molar-refractivity contribution in [3.63, 3.8) is 0 Å². The number of hydrogen-bond acceptors (Lipinski definition) is 2. The van der Waals surface area contributed by atoms with E-state index in [0.29, 0.717) is 6.04 Å². The van der Waals surface area contributed by atoms with E-state index in [1.54, 1.807) is 0 Å². The van der Waals surface area contributed by atoms with E-state index in [4.69, 9.17) is 0 Å². The molecule has 3 rings (SSSR count). The van der Waals surface area contributed by atoms with Gasteiger partial charge in [-0.15, -0.1) is 0 Å². The highest BCUT2D eigenvalue weighted by Gasteiger charge is 2.51. The van der Waals surface area contributed by atoms with Crippen molar-refractivity contribution in [2.45, 2.75) is 31.7 Å². The molecule has 0 heterocycles. The second-order valence-corrected chi connectivity index (χ2v) is 5.47. The van der Waals surface area contributed by atoms with Gasteiger partial charge >= 0.3 is 5.97 Å². The van der Waals surface area contributed by atoms with Crippen LogP contribution in [0.2, 0.25) is 0 Å². The van der Waals surface area contributed by atoms with Crippen LogP contribution in [0.1, 0.15) is 25.7 Å². The van der Waals surface area contributed by atoms with Crippen molar-refractivity contribution < 1.29 is 14.7 Å². The predicted octanol–water partition coefficient (Wildman–Crippen LogP) is 1.18. The van der Waals surface area contributed by atoms with Gasteiger partial charge < -0.3 is 10.4 Å². The van der Waals surface area contributed by atoms with E-state index in [9.17, 15) is 14.7 Å². The Morgan fingerprint density at radius 2 is 1.76 bits per heavy atom. The maximum Gasteiger partial charge on any atom is 0.307 e. The van der Waals surface area contributed by atoms with E-state index in [-0.39, 0.29) is 23.7 Å². The molecular formula is C13H17NO3. The molecule has 0 aromatic heterocycles. The van der Waals surface area contributed by atoms with Crippen LogP contribution in [-0.4, -0.2) is 23.0 Å². The Hall–Kier alpha value is -1.32. The van der Waals surface area contributed by atoms with Gasteiger partial charge in [-0.2, -0.15) is 0 Å². The van der Waals surface area contributed by atoms with E-state index in [0.717, 1.165) is 19.3 Å². The molecule has 0 aromatic rings. The Kier molecular flexibility index (Phi) is 2.45. The van der Waals surface area contributed by atoms with E-state index in [1.807, 2.05) is 12.2 Å². The van der Waals surface area contributed by atoms with Crippen molar-refractivity contribution in [3.8, 4) is 0 Å². The van der Waals surface area contributed by atoms with Crippen LogP contribution in [0, 0.1) is 23.7 Å².